The Kier molecular flexibility index (Phi) is 2.06. The van der Waals surface area contributed by atoms with Gasteiger partial charge in [-0.3, -0.25) is 4.79 Å². The summed E-state index contributed by atoms with van der Waals surface area (Å²) in [5.41, 5.74) is 0. The van der Waals surface area contributed by atoms with E-state index in [1.807, 2.05) is 0 Å². The van der Waals surface area contributed by atoms with Crippen molar-refractivity contribution in [1.82, 2.24) is 0 Å². The summed E-state index contributed by atoms with van der Waals surface area (Å²) in [5, 5.41) is 21.0. The lowest BCUT2D eigenvalue weighted by Crippen LogP contribution is -1.95. The van der Waals surface area contributed by atoms with Crippen molar-refractivity contribution in [3.63, 3.8) is 0 Å². The van der Waals surface area contributed by atoms with Crippen LogP contribution >= 0.6 is 11.3 Å². The van der Waals surface area contributed by atoms with Gasteiger partial charge in [-0.25, -0.2) is 0 Å². The highest BCUT2D eigenvalue weighted by molar-refractivity contribution is 7.17. The summed E-state index contributed by atoms with van der Waals surface area (Å²) >= 11 is 1.07. The largest absolute Gasteiger partial charge is 0.508 e. The lowest BCUT2D eigenvalue weighted by atomic mass is 10.1. The van der Waals surface area contributed by atoms with E-state index in [4.69, 9.17) is 0 Å². The molecule has 0 amide bonds. The summed E-state index contributed by atoms with van der Waals surface area (Å²) in [4.78, 5) is 11.9. The van der Waals surface area contributed by atoms with Gasteiger partial charge in [-0.15, -0.1) is 0 Å². The second-order valence-electron chi connectivity index (χ2n) is 3.80. The minimum atomic E-state index is -0.117. The molecule has 4 heteroatoms. The van der Waals surface area contributed by atoms with Gasteiger partial charge in [-0.1, -0.05) is 11.3 Å². The Hall–Kier alpha value is -2.07. The van der Waals surface area contributed by atoms with Crippen LogP contribution < -0.4 is 4.74 Å². The van der Waals surface area contributed by atoms with Crippen molar-refractivity contribution in [3.8, 4) is 11.5 Å². The summed E-state index contributed by atoms with van der Waals surface area (Å²) in [5.74, 6) is 0.228. The Bertz CT molecular complexity index is 790. The standard InChI is InChI=1S/C13H8O3S/c14-7-1-3-9-10-4-2-8(15)6-12(10)17-13(16)11(9)5-7/h1-6,14-15H. The van der Waals surface area contributed by atoms with E-state index in [0.29, 0.717) is 5.39 Å². The first kappa shape index (κ1) is 10.1. The molecule has 0 radical (unpaired) electrons. The van der Waals surface area contributed by atoms with Crippen LogP contribution in [0.3, 0.4) is 0 Å². The van der Waals surface area contributed by atoms with Crippen molar-refractivity contribution in [1.29, 1.82) is 0 Å². The third kappa shape index (κ3) is 1.54. The first-order valence-corrected chi connectivity index (χ1v) is 5.85. The Morgan fingerprint density at radius 3 is 2.24 bits per heavy atom. The number of hydrogen-bond donors (Lipinski definition) is 2. The third-order valence-corrected chi connectivity index (χ3v) is 3.64. The van der Waals surface area contributed by atoms with Crippen LogP contribution in [-0.2, 0) is 0 Å². The van der Waals surface area contributed by atoms with Crippen LogP contribution in [0.25, 0.3) is 20.9 Å². The molecule has 1 aromatic heterocycles. The van der Waals surface area contributed by atoms with Gasteiger partial charge < -0.3 is 10.2 Å². The third-order valence-electron chi connectivity index (χ3n) is 2.68. The van der Waals surface area contributed by atoms with Crippen LogP contribution in [0.15, 0.2) is 41.2 Å². The molecule has 2 aromatic carbocycles. The van der Waals surface area contributed by atoms with Gasteiger partial charge in [0.1, 0.15) is 11.5 Å². The zero-order valence-corrected chi connectivity index (χ0v) is 9.49. The Morgan fingerprint density at radius 1 is 0.824 bits per heavy atom. The smallest absolute Gasteiger partial charge is 0.240 e. The molecule has 0 fully saturated rings. The van der Waals surface area contributed by atoms with Crippen LogP contribution in [0, 0.1) is 0 Å². The van der Waals surface area contributed by atoms with Crippen LogP contribution in [0.2, 0.25) is 0 Å². The van der Waals surface area contributed by atoms with E-state index in [9.17, 15) is 15.0 Å². The molecule has 3 rings (SSSR count). The van der Waals surface area contributed by atoms with Crippen molar-refractivity contribution in [3.05, 3.63) is 45.9 Å². The van der Waals surface area contributed by atoms with E-state index in [1.165, 1.54) is 6.07 Å². The van der Waals surface area contributed by atoms with E-state index in [1.54, 1.807) is 30.3 Å². The maximum absolute atomic E-state index is 11.9. The fourth-order valence-electron chi connectivity index (χ4n) is 1.91. The average molecular weight is 244 g/mol. The maximum atomic E-state index is 11.9. The molecular weight excluding hydrogens is 236 g/mol. The molecule has 1 heterocycles. The maximum Gasteiger partial charge on any atom is 0.240 e. The van der Waals surface area contributed by atoms with Crippen LogP contribution in [0.5, 0.6) is 11.5 Å². The van der Waals surface area contributed by atoms with Gasteiger partial charge in [-0.05, 0) is 41.8 Å². The lowest BCUT2D eigenvalue weighted by molar-refractivity contribution is 0.475. The first-order chi connectivity index (χ1) is 8.15. The predicted octanol–water partition coefficient (Wildman–Crippen LogP) is 2.83. The number of benzene rings is 2. The normalized spacial score (nSPS) is 11.1. The SMILES string of the molecule is O=c1sc2cc(O)ccc2c2ccc(O)cc12. The van der Waals surface area contributed by atoms with Crippen molar-refractivity contribution in [2.24, 2.45) is 0 Å². The monoisotopic (exact) mass is 244 g/mol. The molecule has 0 bridgehead atoms. The highest BCUT2D eigenvalue weighted by Gasteiger charge is 2.06. The summed E-state index contributed by atoms with van der Waals surface area (Å²) in [6.07, 6.45) is 0. The van der Waals surface area contributed by atoms with E-state index >= 15 is 0 Å². The van der Waals surface area contributed by atoms with Gasteiger partial charge in [0.2, 0.25) is 4.74 Å². The first-order valence-electron chi connectivity index (χ1n) is 5.04. The highest BCUT2D eigenvalue weighted by atomic mass is 32.1. The van der Waals surface area contributed by atoms with Gasteiger partial charge in [-0.2, -0.15) is 0 Å². The quantitative estimate of drug-likeness (QED) is 0.598. The average Bonchev–Trinajstić information content (AvgIpc) is 2.29. The second-order valence-corrected chi connectivity index (χ2v) is 4.81. The minimum Gasteiger partial charge on any atom is -0.508 e. The van der Waals surface area contributed by atoms with E-state index in [-0.39, 0.29) is 16.2 Å². The van der Waals surface area contributed by atoms with Crippen molar-refractivity contribution in [2.75, 3.05) is 0 Å². The molecule has 0 saturated heterocycles. The van der Waals surface area contributed by atoms with Gasteiger partial charge in [0.05, 0.1) is 0 Å². The number of rotatable bonds is 0. The molecule has 0 saturated carbocycles. The van der Waals surface area contributed by atoms with E-state index in [2.05, 4.69) is 0 Å². The fraction of sp³-hybridized carbons (Fsp3) is 0. The molecule has 84 valence electrons. The molecule has 0 spiro atoms. The van der Waals surface area contributed by atoms with Gasteiger partial charge in [0, 0.05) is 15.5 Å². The van der Waals surface area contributed by atoms with Gasteiger partial charge >= 0.3 is 0 Å². The van der Waals surface area contributed by atoms with Crippen molar-refractivity contribution < 1.29 is 10.2 Å². The van der Waals surface area contributed by atoms with Crippen molar-refractivity contribution >= 4 is 32.2 Å². The molecule has 3 aromatic rings. The second kappa shape index (κ2) is 3.46. The Morgan fingerprint density at radius 2 is 1.47 bits per heavy atom. The Balaban J connectivity index is 2.60. The molecular formula is C13H8O3S. The molecule has 3 nitrogen and oxygen atoms in total. The lowest BCUT2D eigenvalue weighted by Gasteiger charge is -2.03. The van der Waals surface area contributed by atoms with Crippen LogP contribution in [-0.4, -0.2) is 10.2 Å². The zero-order valence-electron chi connectivity index (χ0n) is 8.68. The molecule has 2 N–H and O–H groups in total. The topological polar surface area (TPSA) is 57.5 Å². The van der Waals surface area contributed by atoms with Crippen molar-refractivity contribution in [2.45, 2.75) is 0 Å². The Labute approximate surface area is 100 Å². The number of hydrogen-bond acceptors (Lipinski definition) is 4. The van der Waals surface area contributed by atoms with Crippen LogP contribution in [0.4, 0.5) is 0 Å². The molecule has 0 atom stereocenters. The molecule has 0 aliphatic rings. The summed E-state index contributed by atoms with van der Waals surface area (Å²) in [6, 6.07) is 9.69. The molecule has 0 unspecified atom stereocenters. The molecule has 0 aliphatic carbocycles. The van der Waals surface area contributed by atoms with E-state index < -0.39 is 0 Å². The number of fused-ring (bicyclic) bond motifs is 3. The summed E-state index contributed by atoms with van der Waals surface area (Å²) < 4.78 is 0.627. The minimum absolute atomic E-state index is 0.0833. The van der Waals surface area contributed by atoms with Crippen LogP contribution in [0.1, 0.15) is 0 Å². The zero-order chi connectivity index (χ0) is 12.0. The summed E-state index contributed by atoms with van der Waals surface area (Å²) in [6.45, 7) is 0. The molecule has 17 heavy (non-hydrogen) atoms. The summed E-state index contributed by atoms with van der Waals surface area (Å²) in [7, 11) is 0. The van der Waals surface area contributed by atoms with Gasteiger partial charge in [0.25, 0.3) is 0 Å². The number of phenols is 2. The molecule has 0 aliphatic heterocycles. The number of aromatic hydroxyl groups is 2. The number of phenolic OH excluding ortho intramolecular Hbond substituents is 2. The van der Waals surface area contributed by atoms with E-state index in [0.717, 1.165) is 26.8 Å². The predicted molar refractivity (Wildman–Crippen MR) is 68.9 cm³/mol. The van der Waals surface area contributed by atoms with Gasteiger partial charge in [0.15, 0.2) is 0 Å². The fourth-order valence-corrected chi connectivity index (χ4v) is 2.86. The highest BCUT2D eigenvalue weighted by Crippen LogP contribution is 2.29.